The number of nitrogens with two attached hydrogens (primary N) is 2. The first-order chi connectivity index (χ1) is 14.9. The third-order valence-electron chi connectivity index (χ3n) is 6.39. The molecule has 1 saturated carbocycles. The molecule has 31 heavy (non-hydrogen) atoms. The zero-order chi connectivity index (χ0) is 22.4. The van der Waals surface area contributed by atoms with E-state index in [-0.39, 0.29) is 30.1 Å². The Balaban J connectivity index is 1.58. The summed E-state index contributed by atoms with van der Waals surface area (Å²) in [5.74, 6) is -0.311. The number of amides is 3. The quantitative estimate of drug-likeness (QED) is 0.416. The van der Waals surface area contributed by atoms with Crippen LogP contribution in [0.1, 0.15) is 57.4 Å². The fourth-order valence-electron chi connectivity index (χ4n) is 4.60. The minimum absolute atomic E-state index is 0.0319. The monoisotopic (exact) mass is 429 g/mol. The van der Waals surface area contributed by atoms with Crippen molar-refractivity contribution in [2.45, 2.75) is 64.0 Å². The molecule has 9 heteroatoms. The number of nitrogens with zero attached hydrogens (tertiary/aromatic N) is 2. The number of primary amides is 1. The van der Waals surface area contributed by atoms with Crippen LogP contribution in [-0.2, 0) is 14.4 Å². The summed E-state index contributed by atoms with van der Waals surface area (Å²) in [5, 5.41) is 11.9. The second-order valence-electron chi connectivity index (χ2n) is 8.44. The molecule has 2 aliphatic rings. The summed E-state index contributed by atoms with van der Waals surface area (Å²) in [6.07, 6.45) is 9.98. The normalized spacial score (nSPS) is 23.3. The van der Waals surface area contributed by atoms with Crippen LogP contribution in [0.15, 0.2) is 18.5 Å². The Morgan fingerprint density at radius 1 is 1.26 bits per heavy atom. The Kier molecular flexibility index (Phi) is 7.59. The molecule has 3 rings (SSSR count). The standard InChI is InChI=1S/C22H32N6O3/c1-2-14-5-3-6-15(11-14)27-22(31)18-7-4-10-28(18)19(29)13-26-17-12-25-9-8-16(17)20(23)21(24)30/h8-9,12,14-15,18,23,26H,2-7,10-11,13H2,1H3,(H2,24,30)(H,27,31)/p+1/t14-,15?,18-/m0/s1. The van der Waals surface area contributed by atoms with Crippen molar-refractivity contribution in [1.82, 2.24) is 15.2 Å². The molecule has 6 N–H and O–H groups in total. The highest BCUT2D eigenvalue weighted by molar-refractivity contribution is 6.43. The van der Waals surface area contributed by atoms with Gasteiger partial charge in [-0.1, -0.05) is 26.2 Å². The summed E-state index contributed by atoms with van der Waals surface area (Å²) in [6, 6.07) is 1.33. The second kappa shape index (κ2) is 10.4. The molecule has 0 aromatic carbocycles. The van der Waals surface area contributed by atoms with E-state index in [4.69, 9.17) is 11.1 Å². The van der Waals surface area contributed by atoms with Gasteiger partial charge < -0.3 is 21.3 Å². The molecule has 0 radical (unpaired) electrons. The molecule has 2 fully saturated rings. The zero-order valence-corrected chi connectivity index (χ0v) is 18.1. The first-order valence-corrected chi connectivity index (χ1v) is 11.1. The first-order valence-electron chi connectivity index (χ1n) is 11.1. The van der Waals surface area contributed by atoms with E-state index in [9.17, 15) is 14.4 Å². The Morgan fingerprint density at radius 3 is 2.81 bits per heavy atom. The summed E-state index contributed by atoms with van der Waals surface area (Å²) in [5.41, 5.74) is 6.01. The lowest BCUT2D eigenvalue weighted by molar-refractivity contribution is -0.137. The largest absolute Gasteiger partial charge is 0.374 e. The smallest absolute Gasteiger partial charge is 0.313 e. The fourth-order valence-corrected chi connectivity index (χ4v) is 4.60. The minimum Gasteiger partial charge on any atom is -0.374 e. The van der Waals surface area contributed by atoms with Gasteiger partial charge in [-0.3, -0.25) is 19.4 Å². The molecule has 3 atom stereocenters. The molecule has 2 heterocycles. The van der Waals surface area contributed by atoms with Crippen molar-refractivity contribution in [1.29, 1.82) is 0 Å². The van der Waals surface area contributed by atoms with Crippen molar-refractivity contribution in [2.75, 3.05) is 18.4 Å². The molecule has 0 spiro atoms. The van der Waals surface area contributed by atoms with Crippen molar-refractivity contribution in [3.63, 3.8) is 0 Å². The van der Waals surface area contributed by atoms with Crippen LogP contribution in [0.4, 0.5) is 5.69 Å². The Bertz CT molecular complexity index is 842. The Hall–Kier alpha value is -2.97. The number of anilines is 1. The number of rotatable bonds is 8. The summed E-state index contributed by atoms with van der Waals surface area (Å²) in [7, 11) is 0. The number of hydrogen-bond acceptors (Lipinski definition) is 5. The lowest BCUT2D eigenvalue weighted by Gasteiger charge is -2.31. The second-order valence-corrected chi connectivity index (χ2v) is 8.44. The van der Waals surface area contributed by atoms with Gasteiger partial charge in [0.2, 0.25) is 11.8 Å². The average molecular weight is 430 g/mol. The molecule has 3 amide bonds. The lowest BCUT2D eigenvalue weighted by Crippen LogP contribution is -2.51. The summed E-state index contributed by atoms with van der Waals surface area (Å²) in [6.45, 7) is 2.72. The molecular weight excluding hydrogens is 396 g/mol. The van der Waals surface area contributed by atoms with Crippen LogP contribution in [0.2, 0.25) is 0 Å². The maximum absolute atomic E-state index is 12.9. The molecule has 1 aromatic heterocycles. The molecule has 1 unspecified atom stereocenters. The lowest BCUT2D eigenvalue weighted by atomic mass is 9.84. The number of aromatic nitrogens is 1. The van der Waals surface area contributed by atoms with Gasteiger partial charge in [0.15, 0.2) is 0 Å². The maximum Gasteiger partial charge on any atom is 0.313 e. The van der Waals surface area contributed by atoms with Crippen LogP contribution < -0.4 is 21.8 Å². The Labute approximate surface area is 182 Å². The van der Waals surface area contributed by atoms with Crippen molar-refractivity contribution in [2.24, 2.45) is 11.7 Å². The predicted molar refractivity (Wildman–Crippen MR) is 117 cm³/mol. The van der Waals surface area contributed by atoms with E-state index in [1.165, 1.54) is 18.8 Å². The van der Waals surface area contributed by atoms with E-state index in [2.05, 4.69) is 22.5 Å². The van der Waals surface area contributed by atoms with Crippen molar-refractivity contribution in [3.8, 4) is 0 Å². The SMILES string of the molecule is CC[C@H]1CCCC(NC(=O)[C@@H]2CCCN2C(=O)CNc2cnccc2C(=[NH2+])C(N)=O)C1. The van der Waals surface area contributed by atoms with E-state index >= 15 is 0 Å². The topological polar surface area (TPSA) is 143 Å². The Morgan fingerprint density at radius 2 is 2.06 bits per heavy atom. The zero-order valence-electron chi connectivity index (χ0n) is 18.1. The van der Waals surface area contributed by atoms with Crippen LogP contribution in [0.3, 0.4) is 0 Å². The van der Waals surface area contributed by atoms with Gasteiger partial charge in [0.25, 0.3) is 5.71 Å². The number of pyridine rings is 1. The van der Waals surface area contributed by atoms with Crippen LogP contribution in [0, 0.1) is 5.92 Å². The predicted octanol–water partition coefficient (Wildman–Crippen LogP) is -0.397. The highest BCUT2D eigenvalue weighted by Gasteiger charge is 2.35. The summed E-state index contributed by atoms with van der Waals surface area (Å²) >= 11 is 0. The van der Waals surface area contributed by atoms with Gasteiger partial charge >= 0.3 is 5.91 Å². The molecule has 0 bridgehead atoms. The highest BCUT2D eigenvalue weighted by Crippen LogP contribution is 2.27. The van der Waals surface area contributed by atoms with Gasteiger partial charge in [-0.15, -0.1) is 0 Å². The molecule has 168 valence electrons. The molecule has 1 aromatic rings. The minimum atomic E-state index is -0.745. The number of hydrogen-bond donors (Lipinski definition) is 4. The van der Waals surface area contributed by atoms with E-state index in [0.717, 1.165) is 32.1 Å². The van der Waals surface area contributed by atoms with Crippen LogP contribution in [-0.4, -0.2) is 58.5 Å². The van der Waals surface area contributed by atoms with Gasteiger partial charge in [0, 0.05) is 18.8 Å². The van der Waals surface area contributed by atoms with Crippen molar-refractivity contribution < 1.29 is 19.8 Å². The molecular formula is C22H33N6O3+. The van der Waals surface area contributed by atoms with Crippen LogP contribution in [0.25, 0.3) is 0 Å². The van der Waals surface area contributed by atoms with E-state index < -0.39 is 11.9 Å². The number of carbonyl (C=O) groups excluding carboxylic acids is 3. The van der Waals surface area contributed by atoms with Crippen molar-refractivity contribution >= 4 is 29.1 Å². The van der Waals surface area contributed by atoms with Gasteiger partial charge in [0.1, 0.15) is 6.04 Å². The molecule has 1 aliphatic carbocycles. The van der Waals surface area contributed by atoms with E-state index in [0.29, 0.717) is 30.1 Å². The van der Waals surface area contributed by atoms with E-state index in [1.54, 1.807) is 11.0 Å². The maximum atomic E-state index is 12.9. The summed E-state index contributed by atoms with van der Waals surface area (Å²) in [4.78, 5) is 42.8. The van der Waals surface area contributed by atoms with Crippen molar-refractivity contribution in [3.05, 3.63) is 24.0 Å². The summed E-state index contributed by atoms with van der Waals surface area (Å²) < 4.78 is 0. The van der Waals surface area contributed by atoms with Gasteiger partial charge in [-0.2, -0.15) is 0 Å². The van der Waals surface area contributed by atoms with Crippen LogP contribution in [0.5, 0.6) is 0 Å². The fraction of sp³-hybridized carbons (Fsp3) is 0.591. The number of nitrogens with one attached hydrogen (secondary N) is 2. The first kappa shape index (κ1) is 22.7. The molecule has 1 aliphatic heterocycles. The van der Waals surface area contributed by atoms with E-state index in [1.807, 2.05) is 0 Å². The third-order valence-corrected chi connectivity index (χ3v) is 6.39. The van der Waals surface area contributed by atoms with Crippen LogP contribution >= 0.6 is 0 Å². The molecule has 9 nitrogen and oxygen atoms in total. The average Bonchev–Trinajstić information content (AvgIpc) is 3.27. The van der Waals surface area contributed by atoms with Gasteiger partial charge in [0.05, 0.1) is 24.0 Å². The van der Waals surface area contributed by atoms with Gasteiger partial charge in [-0.25, -0.2) is 5.41 Å². The highest BCUT2D eigenvalue weighted by atomic mass is 16.2. The number of carbonyl (C=O) groups is 3. The third kappa shape index (κ3) is 5.59. The molecule has 1 saturated heterocycles. The number of likely N-dealkylation sites (tertiary alicyclic amines) is 1. The van der Waals surface area contributed by atoms with Gasteiger partial charge in [-0.05, 0) is 37.7 Å².